The SMILES string of the molecule is O=C(c1cn(CC2CC(F)CN2C(=O)COCc2ccccc2)nn1)N1CCCC1. The van der Waals surface area contributed by atoms with Crippen LogP contribution < -0.4 is 0 Å². The van der Waals surface area contributed by atoms with E-state index in [4.69, 9.17) is 4.74 Å². The van der Waals surface area contributed by atoms with E-state index in [1.165, 1.54) is 9.58 Å². The average molecular weight is 415 g/mol. The van der Waals surface area contributed by atoms with Crippen LogP contribution in [0.3, 0.4) is 0 Å². The molecule has 2 fully saturated rings. The van der Waals surface area contributed by atoms with E-state index in [2.05, 4.69) is 10.3 Å². The average Bonchev–Trinajstić information content (AvgIpc) is 3.50. The lowest BCUT2D eigenvalue weighted by molar-refractivity contribution is -0.137. The van der Waals surface area contributed by atoms with Crippen molar-refractivity contribution in [1.82, 2.24) is 24.8 Å². The second-order valence-corrected chi connectivity index (χ2v) is 7.84. The number of likely N-dealkylation sites (tertiary alicyclic amines) is 2. The van der Waals surface area contributed by atoms with Crippen molar-refractivity contribution in [2.45, 2.75) is 44.6 Å². The Kier molecular flexibility index (Phi) is 6.37. The number of halogens is 1. The van der Waals surface area contributed by atoms with Crippen molar-refractivity contribution in [3.05, 3.63) is 47.8 Å². The Morgan fingerprint density at radius 2 is 1.93 bits per heavy atom. The summed E-state index contributed by atoms with van der Waals surface area (Å²) in [6.07, 6.45) is 2.75. The molecule has 2 saturated heterocycles. The first-order valence-electron chi connectivity index (χ1n) is 10.3. The fourth-order valence-electron chi connectivity index (χ4n) is 4.04. The number of ether oxygens (including phenoxy) is 1. The van der Waals surface area contributed by atoms with Crippen LogP contribution in [0.5, 0.6) is 0 Å². The molecule has 8 nitrogen and oxygen atoms in total. The minimum absolute atomic E-state index is 0.0481. The highest BCUT2D eigenvalue weighted by molar-refractivity contribution is 5.92. The van der Waals surface area contributed by atoms with Crippen molar-refractivity contribution in [3.8, 4) is 0 Å². The lowest BCUT2D eigenvalue weighted by Crippen LogP contribution is -2.40. The summed E-state index contributed by atoms with van der Waals surface area (Å²) in [4.78, 5) is 28.3. The van der Waals surface area contributed by atoms with Crippen molar-refractivity contribution >= 4 is 11.8 Å². The summed E-state index contributed by atoms with van der Waals surface area (Å²) in [7, 11) is 0. The lowest BCUT2D eigenvalue weighted by atomic mass is 10.2. The van der Waals surface area contributed by atoms with Gasteiger partial charge in [-0.25, -0.2) is 9.07 Å². The maximum Gasteiger partial charge on any atom is 0.276 e. The zero-order valence-electron chi connectivity index (χ0n) is 16.8. The molecule has 2 unspecified atom stereocenters. The minimum Gasteiger partial charge on any atom is -0.367 e. The lowest BCUT2D eigenvalue weighted by Gasteiger charge is -2.24. The summed E-state index contributed by atoms with van der Waals surface area (Å²) in [5.41, 5.74) is 1.26. The highest BCUT2D eigenvalue weighted by Crippen LogP contribution is 2.22. The number of carbonyl (C=O) groups is 2. The second kappa shape index (κ2) is 9.34. The highest BCUT2D eigenvalue weighted by atomic mass is 19.1. The fourth-order valence-corrected chi connectivity index (χ4v) is 4.04. The summed E-state index contributed by atoms with van der Waals surface area (Å²) < 4.78 is 21.1. The minimum atomic E-state index is -1.08. The zero-order chi connectivity index (χ0) is 20.9. The number of hydrogen-bond donors (Lipinski definition) is 0. The molecule has 3 heterocycles. The van der Waals surface area contributed by atoms with Crippen molar-refractivity contribution in [2.75, 3.05) is 26.2 Å². The van der Waals surface area contributed by atoms with Crippen LogP contribution in [0.1, 0.15) is 35.3 Å². The molecule has 0 spiro atoms. The van der Waals surface area contributed by atoms with Gasteiger partial charge in [-0.05, 0) is 18.4 Å². The fraction of sp³-hybridized carbons (Fsp3) is 0.524. The summed E-state index contributed by atoms with van der Waals surface area (Å²) >= 11 is 0. The van der Waals surface area contributed by atoms with Crippen LogP contribution in [-0.4, -0.2) is 75.1 Å². The van der Waals surface area contributed by atoms with Gasteiger partial charge >= 0.3 is 0 Å². The summed E-state index contributed by atoms with van der Waals surface area (Å²) in [6, 6.07) is 9.24. The molecule has 2 aromatic rings. The van der Waals surface area contributed by atoms with Gasteiger partial charge < -0.3 is 14.5 Å². The highest BCUT2D eigenvalue weighted by Gasteiger charge is 2.36. The number of aromatic nitrogens is 3. The number of benzene rings is 1. The van der Waals surface area contributed by atoms with Crippen LogP contribution in [0.4, 0.5) is 4.39 Å². The van der Waals surface area contributed by atoms with E-state index in [0.717, 1.165) is 31.5 Å². The largest absolute Gasteiger partial charge is 0.367 e. The third-order valence-electron chi connectivity index (χ3n) is 5.57. The summed E-state index contributed by atoms with van der Waals surface area (Å²) in [5, 5.41) is 8.00. The van der Waals surface area contributed by atoms with E-state index in [1.807, 2.05) is 30.3 Å². The van der Waals surface area contributed by atoms with Gasteiger partial charge in [0.2, 0.25) is 5.91 Å². The Morgan fingerprint density at radius 3 is 2.70 bits per heavy atom. The van der Waals surface area contributed by atoms with E-state index in [1.54, 1.807) is 11.1 Å². The van der Waals surface area contributed by atoms with Crippen LogP contribution in [-0.2, 0) is 22.7 Å². The number of alkyl halides is 1. The quantitative estimate of drug-likeness (QED) is 0.687. The van der Waals surface area contributed by atoms with Crippen molar-refractivity contribution in [3.63, 3.8) is 0 Å². The third kappa shape index (κ3) is 4.84. The molecule has 2 aliphatic heterocycles. The van der Waals surface area contributed by atoms with Gasteiger partial charge in [-0.15, -0.1) is 5.10 Å². The zero-order valence-corrected chi connectivity index (χ0v) is 16.8. The van der Waals surface area contributed by atoms with Crippen molar-refractivity contribution < 1.29 is 18.7 Å². The topological polar surface area (TPSA) is 80.6 Å². The molecular formula is C21H26FN5O3. The predicted octanol–water partition coefficient (Wildman–Crippen LogP) is 1.67. The molecule has 0 saturated carbocycles. The molecule has 2 aliphatic rings. The van der Waals surface area contributed by atoms with Gasteiger partial charge in [-0.3, -0.25) is 9.59 Å². The number of amides is 2. The maximum absolute atomic E-state index is 14.1. The molecule has 0 bridgehead atoms. The van der Waals surface area contributed by atoms with Gasteiger partial charge in [0.25, 0.3) is 5.91 Å². The second-order valence-electron chi connectivity index (χ2n) is 7.84. The molecule has 160 valence electrons. The third-order valence-corrected chi connectivity index (χ3v) is 5.57. The normalized spacial score (nSPS) is 21.4. The van der Waals surface area contributed by atoms with Crippen LogP contribution in [0, 0.1) is 0 Å². The Morgan fingerprint density at radius 1 is 1.17 bits per heavy atom. The van der Waals surface area contributed by atoms with Gasteiger partial charge in [-0.2, -0.15) is 0 Å². The molecule has 2 amide bonds. The van der Waals surface area contributed by atoms with Crippen molar-refractivity contribution in [2.24, 2.45) is 0 Å². The van der Waals surface area contributed by atoms with E-state index in [0.29, 0.717) is 13.2 Å². The molecule has 4 rings (SSSR count). The molecular weight excluding hydrogens is 389 g/mol. The summed E-state index contributed by atoms with van der Waals surface area (Å²) in [5.74, 6) is -0.375. The molecule has 2 atom stereocenters. The maximum atomic E-state index is 14.1. The Hall–Kier alpha value is -2.81. The predicted molar refractivity (Wildman–Crippen MR) is 106 cm³/mol. The van der Waals surface area contributed by atoms with E-state index in [9.17, 15) is 14.0 Å². The molecule has 0 aliphatic carbocycles. The number of nitrogens with zero attached hydrogens (tertiary/aromatic N) is 5. The van der Waals surface area contributed by atoms with Gasteiger partial charge in [0, 0.05) is 19.5 Å². The number of hydrogen-bond acceptors (Lipinski definition) is 5. The molecule has 30 heavy (non-hydrogen) atoms. The molecule has 1 aromatic carbocycles. The Labute approximate surface area is 174 Å². The van der Waals surface area contributed by atoms with E-state index < -0.39 is 6.17 Å². The Balaban J connectivity index is 1.32. The molecule has 9 heteroatoms. The first-order chi connectivity index (χ1) is 14.6. The monoisotopic (exact) mass is 415 g/mol. The molecule has 0 radical (unpaired) electrons. The van der Waals surface area contributed by atoms with E-state index >= 15 is 0 Å². The van der Waals surface area contributed by atoms with Gasteiger partial charge in [0.1, 0.15) is 12.8 Å². The van der Waals surface area contributed by atoms with Crippen molar-refractivity contribution in [1.29, 1.82) is 0 Å². The van der Waals surface area contributed by atoms with Gasteiger partial charge in [0.15, 0.2) is 5.69 Å². The van der Waals surface area contributed by atoms with E-state index in [-0.39, 0.29) is 43.1 Å². The first kappa shape index (κ1) is 20.5. The van der Waals surface area contributed by atoms with Crippen LogP contribution in [0.15, 0.2) is 36.5 Å². The van der Waals surface area contributed by atoms with Gasteiger partial charge in [0.05, 0.1) is 31.9 Å². The first-order valence-corrected chi connectivity index (χ1v) is 10.3. The van der Waals surface area contributed by atoms with Gasteiger partial charge in [-0.1, -0.05) is 35.5 Å². The Bertz CT molecular complexity index is 869. The van der Waals surface area contributed by atoms with Crippen LogP contribution in [0.2, 0.25) is 0 Å². The molecule has 1 aromatic heterocycles. The molecule has 0 N–H and O–H groups in total. The summed E-state index contributed by atoms with van der Waals surface area (Å²) in [6.45, 7) is 2.05. The van der Waals surface area contributed by atoms with Crippen LogP contribution in [0.25, 0.3) is 0 Å². The number of rotatable bonds is 7. The van der Waals surface area contributed by atoms with Crippen LogP contribution >= 0.6 is 0 Å². The standard InChI is InChI=1S/C21H26FN5O3/c22-17-10-18(12-26-13-19(23-24-26)21(29)25-8-4-5-9-25)27(11-17)20(28)15-30-14-16-6-2-1-3-7-16/h1-3,6-7,13,17-18H,4-5,8-12,14-15H2. The smallest absolute Gasteiger partial charge is 0.276 e. The number of carbonyl (C=O) groups excluding carboxylic acids is 2.